The van der Waals surface area contributed by atoms with Crippen molar-refractivity contribution in [2.24, 2.45) is 0 Å². The zero-order chi connectivity index (χ0) is 28.3. The molecule has 9 heteroatoms. The average molecular weight is 572 g/mol. The maximum Gasteiger partial charge on any atom is 0.270 e. The van der Waals surface area contributed by atoms with Gasteiger partial charge < -0.3 is 9.84 Å². The molecule has 1 N–H and O–H groups in total. The van der Waals surface area contributed by atoms with E-state index < -0.39 is 14.8 Å². The molecule has 0 heterocycles. The fraction of sp³-hybridized carbons (Fsp3) is 0.0323. The molecule has 200 valence electrons. The van der Waals surface area contributed by atoms with Gasteiger partial charge in [0.25, 0.3) is 5.69 Å². The van der Waals surface area contributed by atoms with Gasteiger partial charge >= 0.3 is 0 Å². The fourth-order valence-electron chi connectivity index (χ4n) is 4.28. The first-order valence-corrected chi connectivity index (χ1v) is 14.0. The molecule has 0 aliphatic rings. The van der Waals surface area contributed by atoms with Crippen molar-refractivity contribution in [3.05, 3.63) is 136 Å². The minimum Gasteiger partial charge on any atom is -0.507 e. The highest BCUT2D eigenvalue weighted by Gasteiger charge is 2.26. The van der Waals surface area contributed by atoms with E-state index in [4.69, 9.17) is 16.3 Å². The Labute approximate surface area is 236 Å². The summed E-state index contributed by atoms with van der Waals surface area (Å²) in [6.07, 6.45) is 0. The molecule has 0 spiro atoms. The fourth-order valence-corrected chi connectivity index (χ4v) is 6.01. The van der Waals surface area contributed by atoms with Crippen LogP contribution < -0.4 is 4.74 Å². The first-order chi connectivity index (χ1) is 19.2. The third-order valence-electron chi connectivity index (χ3n) is 6.30. The number of nitro benzene ring substituents is 1. The Morgan fingerprint density at radius 1 is 0.775 bits per heavy atom. The van der Waals surface area contributed by atoms with Crippen LogP contribution in [0.15, 0.2) is 125 Å². The predicted molar refractivity (Wildman–Crippen MR) is 153 cm³/mol. The molecule has 0 aliphatic heterocycles. The number of halogens is 1. The van der Waals surface area contributed by atoms with Crippen molar-refractivity contribution in [3.63, 3.8) is 0 Å². The largest absolute Gasteiger partial charge is 0.507 e. The summed E-state index contributed by atoms with van der Waals surface area (Å²) in [5, 5.41) is 22.7. The van der Waals surface area contributed by atoms with Crippen LogP contribution in [0.1, 0.15) is 5.56 Å². The Morgan fingerprint density at radius 3 is 2.17 bits per heavy atom. The topological polar surface area (TPSA) is 107 Å². The zero-order valence-corrected chi connectivity index (χ0v) is 22.5. The van der Waals surface area contributed by atoms with Crippen LogP contribution in [0.2, 0.25) is 5.02 Å². The van der Waals surface area contributed by atoms with Gasteiger partial charge in [0.05, 0.1) is 14.7 Å². The summed E-state index contributed by atoms with van der Waals surface area (Å²) in [4.78, 5) is 10.7. The van der Waals surface area contributed by atoms with Gasteiger partial charge in [0.15, 0.2) is 0 Å². The molecule has 0 amide bonds. The molecule has 0 fully saturated rings. The summed E-state index contributed by atoms with van der Waals surface area (Å²) in [6, 6.07) is 30.6. The molecule has 0 aromatic heterocycles. The molecule has 0 saturated carbocycles. The van der Waals surface area contributed by atoms with Crippen LogP contribution in [0.3, 0.4) is 0 Å². The van der Waals surface area contributed by atoms with E-state index in [2.05, 4.69) is 0 Å². The Bertz CT molecular complexity index is 1810. The highest BCUT2D eigenvalue weighted by atomic mass is 35.5. The van der Waals surface area contributed by atoms with E-state index in [-0.39, 0.29) is 37.9 Å². The van der Waals surface area contributed by atoms with Gasteiger partial charge in [-0.1, -0.05) is 72.3 Å². The minimum absolute atomic E-state index is 0.0120. The first-order valence-electron chi connectivity index (χ1n) is 12.1. The lowest BCUT2D eigenvalue weighted by Gasteiger charge is -2.16. The summed E-state index contributed by atoms with van der Waals surface area (Å²) < 4.78 is 33.8. The van der Waals surface area contributed by atoms with Crippen LogP contribution in [-0.4, -0.2) is 18.4 Å². The van der Waals surface area contributed by atoms with Crippen LogP contribution in [0.25, 0.3) is 22.3 Å². The molecule has 0 saturated heterocycles. The van der Waals surface area contributed by atoms with Gasteiger partial charge in [0, 0.05) is 33.8 Å². The number of hydrogen-bond donors (Lipinski definition) is 1. The number of nitro groups is 1. The molecule has 40 heavy (non-hydrogen) atoms. The number of non-ortho nitro benzene ring substituents is 1. The molecule has 0 aliphatic carbocycles. The number of sulfone groups is 1. The standard InChI is InChI=1S/C31H22ClNO6S/c32-29-12-5-4-11-26(29)28-19-31(27(18-30(28)34)22-9-6-10-23(17-22)33(35)36)40(37,38)25-15-13-24(14-16-25)39-20-21-7-2-1-3-8-21/h1-19,34H,20H2. The molecule has 5 aromatic carbocycles. The molecule has 0 radical (unpaired) electrons. The van der Waals surface area contributed by atoms with E-state index in [9.17, 15) is 23.6 Å². The van der Waals surface area contributed by atoms with E-state index in [1.165, 1.54) is 42.5 Å². The molecular formula is C31H22ClNO6S. The van der Waals surface area contributed by atoms with Gasteiger partial charge in [0.2, 0.25) is 9.84 Å². The molecule has 0 unspecified atom stereocenters. The maximum absolute atomic E-state index is 14.0. The Balaban J connectivity index is 1.60. The second kappa shape index (κ2) is 11.2. The third-order valence-corrected chi connectivity index (χ3v) is 8.44. The van der Waals surface area contributed by atoms with Gasteiger partial charge in [-0.15, -0.1) is 0 Å². The molecule has 5 aromatic rings. The highest BCUT2D eigenvalue weighted by Crippen LogP contribution is 2.42. The van der Waals surface area contributed by atoms with Crippen LogP contribution in [-0.2, 0) is 16.4 Å². The number of benzene rings is 5. The van der Waals surface area contributed by atoms with Crippen molar-refractivity contribution in [1.82, 2.24) is 0 Å². The van der Waals surface area contributed by atoms with E-state index in [1.807, 2.05) is 30.3 Å². The van der Waals surface area contributed by atoms with E-state index in [1.54, 1.807) is 42.5 Å². The predicted octanol–water partition coefficient (Wildman–Crippen LogP) is 7.70. The lowest BCUT2D eigenvalue weighted by molar-refractivity contribution is -0.384. The van der Waals surface area contributed by atoms with Crippen molar-refractivity contribution in [3.8, 4) is 33.8 Å². The first kappa shape index (κ1) is 26.9. The normalized spacial score (nSPS) is 11.2. The zero-order valence-electron chi connectivity index (χ0n) is 20.9. The van der Waals surface area contributed by atoms with Gasteiger partial charge in [-0.3, -0.25) is 10.1 Å². The number of rotatable bonds is 8. The van der Waals surface area contributed by atoms with Crippen LogP contribution in [0.4, 0.5) is 5.69 Å². The second-order valence-corrected chi connectivity index (χ2v) is 11.2. The molecular weight excluding hydrogens is 550 g/mol. The van der Waals surface area contributed by atoms with Gasteiger partial charge in [-0.2, -0.15) is 0 Å². The van der Waals surface area contributed by atoms with Crippen molar-refractivity contribution >= 4 is 27.1 Å². The molecule has 7 nitrogen and oxygen atoms in total. The van der Waals surface area contributed by atoms with Crippen molar-refractivity contribution < 1.29 is 23.2 Å². The highest BCUT2D eigenvalue weighted by molar-refractivity contribution is 7.91. The molecule has 5 rings (SSSR count). The van der Waals surface area contributed by atoms with Gasteiger partial charge in [0.1, 0.15) is 18.1 Å². The van der Waals surface area contributed by atoms with E-state index in [0.29, 0.717) is 22.9 Å². The smallest absolute Gasteiger partial charge is 0.270 e. The maximum atomic E-state index is 14.0. The van der Waals surface area contributed by atoms with Gasteiger partial charge in [-0.25, -0.2) is 8.42 Å². The van der Waals surface area contributed by atoms with Crippen LogP contribution in [0, 0.1) is 10.1 Å². The average Bonchev–Trinajstić information content (AvgIpc) is 2.97. The number of phenolic OH excluding ortho intramolecular Hbond substituents is 1. The number of nitrogens with zero attached hydrogens (tertiary/aromatic N) is 1. The summed E-state index contributed by atoms with van der Waals surface area (Å²) >= 11 is 6.37. The van der Waals surface area contributed by atoms with Crippen molar-refractivity contribution in [1.29, 1.82) is 0 Å². The minimum atomic E-state index is -4.17. The second-order valence-electron chi connectivity index (χ2n) is 8.90. The van der Waals surface area contributed by atoms with Gasteiger partial charge in [-0.05, 0) is 53.6 Å². The van der Waals surface area contributed by atoms with Crippen LogP contribution in [0.5, 0.6) is 11.5 Å². The monoisotopic (exact) mass is 571 g/mol. The lowest BCUT2D eigenvalue weighted by atomic mass is 9.98. The number of ether oxygens (including phenoxy) is 1. The Morgan fingerprint density at radius 2 is 1.48 bits per heavy atom. The van der Waals surface area contributed by atoms with Crippen LogP contribution >= 0.6 is 11.6 Å². The SMILES string of the molecule is O=[N+]([O-])c1cccc(-c2cc(O)c(-c3ccccc3Cl)cc2S(=O)(=O)c2ccc(OCc3ccccc3)cc2)c1. The Kier molecular flexibility index (Phi) is 7.55. The summed E-state index contributed by atoms with van der Waals surface area (Å²) in [6.45, 7) is 0.322. The summed E-state index contributed by atoms with van der Waals surface area (Å²) in [5.74, 6) is 0.266. The third kappa shape index (κ3) is 5.54. The number of hydrogen-bond acceptors (Lipinski definition) is 6. The lowest BCUT2D eigenvalue weighted by Crippen LogP contribution is -2.05. The summed E-state index contributed by atoms with van der Waals surface area (Å²) in [5.41, 5.74) is 1.78. The number of phenols is 1. The number of aromatic hydroxyl groups is 1. The van der Waals surface area contributed by atoms with Crippen molar-refractivity contribution in [2.45, 2.75) is 16.4 Å². The molecule has 0 atom stereocenters. The molecule has 0 bridgehead atoms. The van der Waals surface area contributed by atoms with E-state index >= 15 is 0 Å². The summed E-state index contributed by atoms with van der Waals surface area (Å²) in [7, 11) is -4.17. The van der Waals surface area contributed by atoms with Crippen molar-refractivity contribution in [2.75, 3.05) is 0 Å². The quantitative estimate of drug-likeness (QED) is 0.151. The Hall–Kier alpha value is -4.66. The van der Waals surface area contributed by atoms with E-state index in [0.717, 1.165) is 5.56 Å².